The Balaban J connectivity index is 1.82. The number of imide groups is 1. The fourth-order valence-electron chi connectivity index (χ4n) is 2.70. The normalized spacial score (nSPS) is 16.3. The van der Waals surface area contributed by atoms with Gasteiger partial charge in [-0.25, -0.2) is 9.59 Å². The number of carbonyl (C=O) groups is 4. The van der Waals surface area contributed by atoms with Crippen LogP contribution in [0.2, 0.25) is 0 Å². The molecule has 0 bridgehead atoms. The number of carboxylic acids is 1. The molecule has 1 saturated heterocycles. The molecule has 9 heteroatoms. The Morgan fingerprint density at radius 3 is 2.72 bits per heavy atom. The third-order valence-electron chi connectivity index (χ3n) is 4.13. The third kappa shape index (κ3) is 4.24. The molecule has 1 fully saturated rings. The van der Waals surface area contributed by atoms with Crippen molar-refractivity contribution in [1.82, 2.24) is 4.90 Å². The molecule has 0 saturated carbocycles. The van der Waals surface area contributed by atoms with Gasteiger partial charge in [0.1, 0.15) is 17.6 Å². The van der Waals surface area contributed by atoms with Gasteiger partial charge in [0.05, 0.1) is 17.1 Å². The summed E-state index contributed by atoms with van der Waals surface area (Å²) in [6.45, 7) is 3.21. The quantitative estimate of drug-likeness (QED) is 0.562. The summed E-state index contributed by atoms with van der Waals surface area (Å²) in [5, 5.41) is 8.53. The minimum absolute atomic E-state index is 0.117. The molecule has 2 aromatic rings. The molecule has 29 heavy (non-hydrogen) atoms. The number of nitrogens with zero attached hydrogens (tertiary/aromatic N) is 1. The van der Waals surface area contributed by atoms with Crippen molar-refractivity contribution < 1.29 is 33.4 Å². The largest absolute Gasteiger partial charge is 0.478 e. The van der Waals surface area contributed by atoms with Crippen LogP contribution < -0.4 is 0 Å². The molecular weight excluding hydrogens is 398 g/mol. The zero-order chi connectivity index (χ0) is 21.1. The summed E-state index contributed by atoms with van der Waals surface area (Å²) in [4.78, 5) is 48.7. The highest BCUT2D eigenvalue weighted by atomic mass is 32.2. The van der Waals surface area contributed by atoms with Crippen molar-refractivity contribution in [3.05, 3.63) is 52.6 Å². The SMILES string of the molecule is CCOC(=O)[C@H](C)N1C(=O)S/C(=C\c2ccc(-c3cccc(C(=O)O)c3)o2)C1=O. The molecule has 0 unspecified atom stereocenters. The summed E-state index contributed by atoms with van der Waals surface area (Å²) in [7, 11) is 0. The number of furan rings is 1. The van der Waals surface area contributed by atoms with E-state index >= 15 is 0 Å². The number of thioether (sulfide) groups is 1. The van der Waals surface area contributed by atoms with E-state index < -0.39 is 29.1 Å². The highest BCUT2D eigenvalue weighted by Gasteiger charge is 2.41. The van der Waals surface area contributed by atoms with Crippen molar-refractivity contribution >= 4 is 40.9 Å². The van der Waals surface area contributed by atoms with E-state index in [4.69, 9.17) is 14.3 Å². The van der Waals surface area contributed by atoms with E-state index in [-0.39, 0.29) is 17.1 Å². The Labute approximate surface area is 170 Å². The van der Waals surface area contributed by atoms with E-state index in [1.807, 2.05) is 0 Å². The zero-order valence-corrected chi connectivity index (χ0v) is 16.4. The Morgan fingerprint density at radius 1 is 1.28 bits per heavy atom. The minimum Gasteiger partial charge on any atom is -0.478 e. The molecule has 1 atom stereocenters. The Hall–Kier alpha value is -3.33. The molecule has 150 valence electrons. The number of aromatic carboxylic acids is 1. The van der Waals surface area contributed by atoms with Crippen LogP contribution in [0.3, 0.4) is 0 Å². The van der Waals surface area contributed by atoms with Crippen molar-refractivity contribution in [1.29, 1.82) is 0 Å². The topological polar surface area (TPSA) is 114 Å². The van der Waals surface area contributed by atoms with Crippen LogP contribution in [-0.2, 0) is 14.3 Å². The predicted octanol–water partition coefficient (Wildman–Crippen LogP) is 3.63. The number of hydrogen-bond acceptors (Lipinski definition) is 7. The van der Waals surface area contributed by atoms with Crippen LogP contribution in [-0.4, -0.2) is 45.7 Å². The second-order valence-electron chi connectivity index (χ2n) is 6.07. The molecule has 2 heterocycles. The van der Waals surface area contributed by atoms with Gasteiger partial charge in [-0.15, -0.1) is 0 Å². The van der Waals surface area contributed by atoms with Crippen LogP contribution >= 0.6 is 11.8 Å². The van der Waals surface area contributed by atoms with E-state index in [0.29, 0.717) is 28.8 Å². The van der Waals surface area contributed by atoms with Crippen molar-refractivity contribution in [2.45, 2.75) is 19.9 Å². The molecule has 1 aliphatic rings. The summed E-state index contributed by atoms with van der Waals surface area (Å²) in [5.74, 6) is -1.59. The average molecular weight is 415 g/mol. The summed E-state index contributed by atoms with van der Waals surface area (Å²) in [6, 6.07) is 8.45. The first-order valence-electron chi connectivity index (χ1n) is 8.69. The van der Waals surface area contributed by atoms with Crippen LogP contribution in [0.4, 0.5) is 4.79 Å². The van der Waals surface area contributed by atoms with Crippen LogP contribution in [0.1, 0.15) is 30.0 Å². The summed E-state index contributed by atoms with van der Waals surface area (Å²) in [6.07, 6.45) is 1.41. The standard InChI is InChI=1S/C20H17NO7S/c1-3-27-19(25)11(2)21-17(22)16(29-20(21)26)10-14-7-8-15(28-14)12-5-4-6-13(9-12)18(23)24/h4-11H,3H2,1-2H3,(H,23,24)/b16-10-/t11-/m0/s1. The van der Waals surface area contributed by atoms with Crippen molar-refractivity contribution in [2.24, 2.45) is 0 Å². The van der Waals surface area contributed by atoms with Gasteiger partial charge in [0, 0.05) is 11.6 Å². The molecule has 8 nitrogen and oxygen atoms in total. The summed E-state index contributed by atoms with van der Waals surface area (Å²) >= 11 is 0.705. The van der Waals surface area contributed by atoms with Gasteiger partial charge < -0.3 is 14.3 Å². The molecule has 0 radical (unpaired) electrons. The first kappa shape index (κ1) is 20.4. The Morgan fingerprint density at radius 2 is 2.03 bits per heavy atom. The number of amides is 2. The molecule has 0 spiro atoms. The second kappa shape index (κ2) is 8.36. The van der Waals surface area contributed by atoms with Gasteiger partial charge in [-0.1, -0.05) is 12.1 Å². The van der Waals surface area contributed by atoms with Crippen molar-refractivity contribution in [2.75, 3.05) is 6.61 Å². The highest BCUT2D eigenvalue weighted by molar-refractivity contribution is 8.18. The van der Waals surface area contributed by atoms with E-state index in [9.17, 15) is 19.2 Å². The lowest BCUT2D eigenvalue weighted by Gasteiger charge is -2.19. The van der Waals surface area contributed by atoms with Crippen LogP contribution in [0.5, 0.6) is 0 Å². The lowest BCUT2D eigenvalue weighted by Crippen LogP contribution is -2.42. The number of carboxylic acid groups (broad SMARTS) is 1. The molecule has 1 aromatic heterocycles. The smallest absolute Gasteiger partial charge is 0.335 e. The summed E-state index contributed by atoms with van der Waals surface area (Å²) in [5.41, 5.74) is 0.683. The predicted molar refractivity (Wildman–Crippen MR) is 105 cm³/mol. The van der Waals surface area contributed by atoms with Crippen LogP contribution in [0.25, 0.3) is 17.4 Å². The van der Waals surface area contributed by atoms with Gasteiger partial charge in [-0.05, 0) is 49.9 Å². The minimum atomic E-state index is -1.05. The van der Waals surface area contributed by atoms with E-state index in [1.54, 1.807) is 31.2 Å². The van der Waals surface area contributed by atoms with Gasteiger partial charge in [-0.2, -0.15) is 0 Å². The molecule has 0 aliphatic carbocycles. The first-order chi connectivity index (χ1) is 13.8. The maximum Gasteiger partial charge on any atom is 0.335 e. The maximum absolute atomic E-state index is 12.6. The molecule has 1 aromatic carbocycles. The van der Waals surface area contributed by atoms with Crippen molar-refractivity contribution in [3.63, 3.8) is 0 Å². The Bertz CT molecular complexity index is 1020. The lowest BCUT2D eigenvalue weighted by molar-refractivity contribution is -0.150. The number of ether oxygens (including phenoxy) is 1. The van der Waals surface area contributed by atoms with Gasteiger partial charge in [0.25, 0.3) is 11.1 Å². The number of hydrogen-bond donors (Lipinski definition) is 1. The third-order valence-corrected chi connectivity index (χ3v) is 5.02. The average Bonchev–Trinajstić information content (AvgIpc) is 3.26. The monoisotopic (exact) mass is 415 g/mol. The van der Waals surface area contributed by atoms with E-state index in [2.05, 4.69) is 0 Å². The van der Waals surface area contributed by atoms with Gasteiger partial charge in [-0.3, -0.25) is 14.5 Å². The fraction of sp³-hybridized carbons (Fsp3) is 0.200. The van der Waals surface area contributed by atoms with E-state index in [0.717, 1.165) is 4.90 Å². The maximum atomic E-state index is 12.6. The number of esters is 1. The zero-order valence-electron chi connectivity index (χ0n) is 15.6. The number of rotatable bonds is 6. The molecular formula is C20H17NO7S. The van der Waals surface area contributed by atoms with Crippen molar-refractivity contribution in [3.8, 4) is 11.3 Å². The Kier molecular flexibility index (Phi) is 5.88. The number of carbonyl (C=O) groups excluding carboxylic acids is 3. The first-order valence-corrected chi connectivity index (χ1v) is 9.50. The summed E-state index contributed by atoms with van der Waals surface area (Å²) < 4.78 is 10.5. The fourth-order valence-corrected chi connectivity index (χ4v) is 3.59. The molecule has 3 rings (SSSR count). The number of benzene rings is 1. The van der Waals surface area contributed by atoms with E-state index in [1.165, 1.54) is 25.1 Å². The highest BCUT2D eigenvalue weighted by Crippen LogP contribution is 2.34. The van der Waals surface area contributed by atoms with Gasteiger partial charge in [0.2, 0.25) is 0 Å². The van der Waals surface area contributed by atoms with Crippen LogP contribution in [0, 0.1) is 0 Å². The van der Waals surface area contributed by atoms with Gasteiger partial charge >= 0.3 is 11.9 Å². The second-order valence-corrected chi connectivity index (χ2v) is 7.06. The van der Waals surface area contributed by atoms with Gasteiger partial charge in [0.15, 0.2) is 0 Å². The van der Waals surface area contributed by atoms with Crippen LogP contribution in [0.15, 0.2) is 45.7 Å². The molecule has 1 N–H and O–H groups in total. The molecule has 1 aliphatic heterocycles. The molecule has 2 amide bonds. The lowest BCUT2D eigenvalue weighted by atomic mass is 10.1.